The van der Waals surface area contributed by atoms with Gasteiger partial charge in [-0.25, -0.2) is 0 Å². The number of anilines is 2. The first kappa shape index (κ1) is 22.9. The summed E-state index contributed by atoms with van der Waals surface area (Å²) < 4.78 is 28.0. The van der Waals surface area contributed by atoms with Gasteiger partial charge in [0.1, 0.15) is 0 Å². The third kappa shape index (κ3) is 5.37. The molecule has 2 aromatic carbocycles. The molecule has 11 heteroatoms. The number of aryl methyl sites for hydroxylation is 1. The minimum Gasteiger partial charge on any atom is -0.339 e. The number of sulfonamides is 1. The van der Waals surface area contributed by atoms with Crippen molar-refractivity contribution in [2.24, 2.45) is 0 Å². The number of nitrogens with zero attached hydrogens (tertiary/aromatic N) is 3. The van der Waals surface area contributed by atoms with Crippen LogP contribution < -0.4 is 10.0 Å². The molecule has 2 N–H and O–H groups in total. The van der Waals surface area contributed by atoms with E-state index in [9.17, 15) is 18.0 Å². The van der Waals surface area contributed by atoms with Gasteiger partial charge in [0.2, 0.25) is 5.13 Å². The first-order valence-corrected chi connectivity index (χ1v) is 12.8. The Bertz CT molecular complexity index is 1280. The van der Waals surface area contributed by atoms with E-state index in [0.717, 1.165) is 36.2 Å². The molecule has 3 aromatic rings. The Morgan fingerprint density at radius 2 is 1.76 bits per heavy atom. The van der Waals surface area contributed by atoms with E-state index in [1.54, 1.807) is 41.3 Å². The number of likely N-dealkylation sites (tertiary alicyclic amines) is 1. The number of hydrogen-bond donors (Lipinski definition) is 2. The van der Waals surface area contributed by atoms with Crippen LogP contribution in [0, 0.1) is 6.92 Å². The molecule has 0 saturated carbocycles. The van der Waals surface area contributed by atoms with Crippen LogP contribution in [0.25, 0.3) is 0 Å². The van der Waals surface area contributed by atoms with E-state index in [1.807, 2.05) is 13.0 Å². The predicted octanol–water partition coefficient (Wildman–Crippen LogP) is 3.53. The number of hydrogen-bond acceptors (Lipinski definition) is 7. The molecule has 1 aliphatic heterocycles. The van der Waals surface area contributed by atoms with Crippen LogP contribution in [0.2, 0.25) is 0 Å². The molecule has 0 aliphatic carbocycles. The first-order chi connectivity index (χ1) is 15.8. The molecule has 1 fully saturated rings. The normalized spacial score (nSPS) is 14.0. The summed E-state index contributed by atoms with van der Waals surface area (Å²) in [5, 5.41) is 10.1. The Balaban J connectivity index is 1.50. The molecule has 9 nitrogen and oxygen atoms in total. The van der Waals surface area contributed by atoms with Crippen LogP contribution in [0.1, 0.15) is 45.5 Å². The zero-order chi connectivity index (χ0) is 23.4. The zero-order valence-corrected chi connectivity index (χ0v) is 19.6. The molecular formula is C22H23N5O4S2. The highest BCUT2D eigenvalue weighted by atomic mass is 32.2. The molecule has 172 valence electrons. The Hall–Kier alpha value is -3.31. The van der Waals surface area contributed by atoms with Gasteiger partial charge in [0.05, 0.1) is 11.3 Å². The molecule has 1 saturated heterocycles. The number of amides is 2. The van der Waals surface area contributed by atoms with Crippen molar-refractivity contribution in [3.63, 3.8) is 0 Å². The molecule has 0 radical (unpaired) electrons. The third-order valence-electron chi connectivity index (χ3n) is 5.18. The summed E-state index contributed by atoms with van der Waals surface area (Å²) in [6, 6.07) is 13.5. The van der Waals surface area contributed by atoms with Gasteiger partial charge >= 0.3 is 0 Å². The maximum absolute atomic E-state index is 12.9. The van der Waals surface area contributed by atoms with Crippen LogP contribution in [0.4, 0.5) is 10.8 Å². The quantitative estimate of drug-likeness (QED) is 0.515. The lowest BCUT2D eigenvalue weighted by Crippen LogP contribution is -2.36. The number of piperidine rings is 1. The highest BCUT2D eigenvalue weighted by molar-refractivity contribution is 7.94. The monoisotopic (exact) mass is 485 g/mol. The van der Waals surface area contributed by atoms with E-state index in [2.05, 4.69) is 20.2 Å². The van der Waals surface area contributed by atoms with Crippen molar-refractivity contribution in [1.29, 1.82) is 0 Å². The molecule has 1 aromatic heterocycles. The molecule has 0 spiro atoms. The maximum Gasteiger partial charge on any atom is 0.291 e. The van der Waals surface area contributed by atoms with Gasteiger partial charge in [-0.05, 0) is 50.5 Å². The van der Waals surface area contributed by atoms with Gasteiger partial charge in [0.15, 0.2) is 0 Å². The molecule has 0 atom stereocenters. The number of para-hydroxylation sites is 1. The molecule has 2 amide bonds. The Morgan fingerprint density at radius 1 is 1.00 bits per heavy atom. The lowest BCUT2D eigenvalue weighted by Gasteiger charge is -2.27. The number of rotatable bonds is 6. The number of benzene rings is 2. The van der Waals surface area contributed by atoms with E-state index in [-0.39, 0.29) is 26.6 Å². The first-order valence-electron chi connectivity index (χ1n) is 10.5. The molecule has 4 rings (SSSR count). The van der Waals surface area contributed by atoms with Gasteiger partial charge in [0, 0.05) is 18.7 Å². The molecular weight excluding hydrogens is 462 g/mol. The number of nitrogens with one attached hydrogen (secondary N) is 2. The molecule has 0 unspecified atom stereocenters. The van der Waals surface area contributed by atoms with Crippen molar-refractivity contribution >= 4 is 44.0 Å². The van der Waals surface area contributed by atoms with Crippen molar-refractivity contribution in [2.75, 3.05) is 23.1 Å². The fourth-order valence-corrected chi connectivity index (χ4v) is 5.52. The fourth-order valence-electron chi connectivity index (χ4n) is 3.54. The van der Waals surface area contributed by atoms with Crippen molar-refractivity contribution in [3.8, 4) is 0 Å². The summed E-state index contributed by atoms with van der Waals surface area (Å²) >= 11 is 0.729. The van der Waals surface area contributed by atoms with E-state index < -0.39 is 15.9 Å². The lowest BCUT2D eigenvalue weighted by atomic mass is 10.1. The summed E-state index contributed by atoms with van der Waals surface area (Å²) in [6.07, 6.45) is 2.95. The Morgan fingerprint density at radius 3 is 2.52 bits per heavy atom. The highest BCUT2D eigenvalue weighted by Gasteiger charge is 2.26. The number of aromatic nitrogens is 2. The Labute approximate surface area is 195 Å². The Kier molecular flexibility index (Phi) is 6.70. The van der Waals surface area contributed by atoms with Gasteiger partial charge in [-0.15, -0.1) is 10.2 Å². The topological polar surface area (TPSA) is 121 Å². The van der Waals surface area contributed by atoms with Gasteiger partial charge < -0.3 is 4.90 Å². The predicted molar refractivity (Wildman–Crippen MR) is 126 cm³/mol. The maximum atomic E-state index is 12.9. The van der Waals surface area contributed by atoms with E-state index >= 15 is 0 Å². The second kappa shape index (κ2) is 9.67. The van der Waals surface area contributed by atoms with E-state index in [0.29, 0.717) is 18.7 Å². The summed E-state index contributed by atoms with van der Waals surface area (Å²) in [5.41, 5.74) is 1.80. The standard InChI is InChI=1S/C22H23N5O4S2/c1-15-8-7-9-16(14-15)19(28)23-21-24-25-22(32-21)33(30,31)26-18-11-4-3-10-17(18)20(29)27-12-5-2-6-13-27/h3-4,7-11,14,26H,2,5-6,12-13H2,1H3,(H,23,24,28). The minimum absolute atomic E-state index is 0.0551. The zero-order valence-electron chi connectivity index (χ0n) is 17.9. The van der Waals surface area contributed by atoms with Crippen molar-refractivity contribution in [2.45, 2.75) is 30.5 Å². The van der Waals surface area contributed by atoms with Crippen LogP contribution in [0.5, 0.6) is 0 Å². The van der Waals surface area contributed by atoms with Crippen LogP contribution in [0.15, 0.2) is 52.9 Å². The minimum atomic E-state index is -4.11. The number of carbonyl (C=O) groups is 2. The SMILES string of the molecule is Cc1cccc(C(=O)Nc2nnc(S(=O)(=O)Nc3ccccc3C(=O)N3CCCCC3)s2)c1. The third-order valence-corrected chi connectivity index (χ3v) is 7.75. The summed E-state index contributed by atoms with van der Waals surface area (Å²) in [6.45, 7) is 3.17. The van der Waals surface area contributed by atoms with Crippen LogP contribution in [0.3, 0.4) is 0 Å². The second-order valence-corrected chi connectivity index (χ2v) is 10.5. The average molecular weight is 486 g/mol. The smallest absolute Gasteiger partial charge is 0.291 e. The largest absolute Gasteiger partial charge is 0.339 e. The number of carbonyl (C=O) groups excluding carboxylic acids is 2. The van der Waals surface area contributed by atoms with Crippen LogP contribution >= 0.6 is 11.3 Å². The molecule has 0 bridgehead atoms. The molecule has 33 heavy (non-hydrogen) atoms. The average Bonchev–Trinajstić information content (AvgIpc) is 3.29. The van der Waals surface area contributed by atoms with Crippen molar-refractivity contribution in [3.05, 3.63) is 65.2 Å². The fraction of sp³-hybridized carbons (Fsp3) is 0.273. The van der Waals surface area contributed by atoms with E-state index in [1.165, 1.54) is 6.07 Å². The molecule has 1 aliphatic rings. The summed E-state index contributed by atoms with van der Waals surface area (Å²) in [7, 11) is -4.11. The lowest BCUT2D eigenvalue weighted by molar-refractivity contribution is 0.0725. The highest BCUT2D eigenvalue weighted by Crippen LogP contribution is 2.26. The van der Waals surface area contributed by atoms with Gasteiger partial charge in [-0.1, -0.05) is 41.2 Å². The van der Waals surface area contributed by atoms with Crippen molar-refractivity contribution < 1.29 is 18.0 Å². The summed E-state index contributed by atoms with van der Waals surface area (Å²) in [5.74, 6) is -0.624. The van der Waals surface area contributed by atoms with Gasteiger partial charge in [0.25, 0.3) is 26.2 Å². The van der Waals surface area contributed by atoms with Crippen LogP contribution in [-0.2, 0) is 10.0 Å². The summed E-state index contributed by atoms with van der Waals surface area (Å²) in [4.78, 5) is 27.1. The van der Waals surface area contributed by atoms with Gasteiger partial charge in [-0.3, -0.25) is 19.6 Å². The van der Waals surface area contributed by atoms with Crippen LogP contribution in [-0.4, -0.2) is 48.4 Å². The molecule has 2 heterocycles. The van der Waals surface area contributed by atoms with Gasteiger partial charge in [-0.2, -0.15) is 8.42 Å². The van der Waals surface area contributed by atoms with E-state index in [4.69, 9.17) is 0 Å². The van der Waals surface area contributed by atoms with Crippen molar-refractivity contribution in [1.82, 2.24) is 15.1 Å². The second-order valence-electron chi connectivity index (χ2n) is 7.70.